The van der Waals surface area contributed by atoms with Crippen molar-refractivity contribution in [1.82, 2.24) is 9.80 Å². The first-order valence-electron chi connectivity index (χ1n) is 7.69. The predicted octanol–water partition coefficient (Wildman–Crippen LogP) is 0.248. The molecule has 0 fully saturated rings. The molecule has 134 valence electrons. The number of carbonyl (C=O) groups excluding carboxylic acids is 1. The Morgan fingerprint density at radius 2 is 1.35 bits per heavy atom. The van der Waals surface area contributed by atoms with Gasteiger partial charge in [0.05, 0.1) is 52.7 Å². The van der Waals surface area contributed by atoms with E-state index in [1.807, 2.05) is 36.3 Å². The summed E-state index contributed by atoms with van der Waals surface area (Å²) in [5, 5.41) is 0. The molecule has 8 nitrogen and oxygen atoms in total. The first kappa shape index (κ1) is 19.7. The van der Waals surface area contributed by atoms with Crippen LogP contribution in [0.15, 0.2) is 12.4 Å². The summed E-state index contributed by atoms with van der Waals surface area (Å²) < 4.78 is 26.1. The van der Waals surface area contributed by atoms with Crippen molar-refractivity contribution < 1.29 is 28.5 Å². The van der Waals surface area contributed by atoms with Crippen LogP contribution in [0.1, 0.15) is 6.42 Å². The first-order valence-corrected chi connectivity index (χ1v) is 7.69. The molecular weight excluding hydrogens is 304 g/mol. The van der Waals surface area contributed by atoms with E-state index in [-0.39, 0.29) is 18.7 Å². The Bertz CT molecular complexity index is 341. The topological polar surface area (TPSA) is 69.7 Å². The minimum Gasteiger partial charge on any atom is -0.422 e. The van der Waals surface area contributed by atoms with E-state index < -0.39 is 0 Å². The quantitative estimate of drug-likeness (QED) is 0.351. The Hall–Kier alpha value is -1.35. The van der Waals surface area contributed by atoms with Crippen LogP contribution >= 0.6 is 0 Å². The van der Waals surface area contributed by atoms with Crippen LogP contribution in [0, 0.1) is 0 Å². The molecule has 0 atom stereocenters. The summed E-state index contributed by atoms with van der Waals surface area (Å²) >= 11 is 0. The maximum absolute atomic E-state index is 11.7. The molecule has 0 aromatic rings. The fourth-order valence-electron chi connectivity index (χ4n) is 1.83. The summed E-state index contributed by atoms with van der Waals surface area (Å²) in [4.78, 5) is 15.4. The number of methoxy groups -OCH3 is 1. The number of esters is 1. The third-order valence-electron chi connectivity index (χ3n) is 3.10. The standard InChI is InChI=1S/C15H28N2O6/c1-16-5-6-17(2)15(16)23-14(18)4-7-20-10-11-22-13-12-21-9-8-19-3/h5-6,15H,4,7-13H2,1-3H3. The number of carbonyl (C=O) groups is 1. The zero-order valence-electron chi connectivity index (χ0n) is 14.2. The summed E-state index contributed by atoms with van der Waals surface area (Å²) in [5.74, 6) is -0.287. The van der Waals surface area contributed by atoms with Crippen LogP contribution in [-0.2, 0) is 28.5 Å². The summed E-state index contributed by atoms with van der Waals surface area (Å²) in [6, 6.07) is 0. The minimum absolute atomic E-state index is 0.221. The molecule has 0 saturated carbocycles. The summed E-state index contributed by atoms with van der Waals surface area (Å²) in [6.07, 6.45) is 3.55. The van der Waals surface area contributed by atoms with Crippen molar-refractivity contribution in [2.75, 3.05) is 67.5 Å². The van der Waals surface area contributed by atoms with E-state index in [4.69, 9.17) is 23.7 Å². The van der Waals surface area contributed by atoms with Gasteiger partial charge in [0.1, 0.15) is 0 Å². The van der Waals surface area contributed by atoms with E-state index in [0.29, 0.717) is 46.2 Å². The van der Waals surface area contributed by atoms with Gasteiger partial charge >= 0.3 is 5.97 Å². The van der Waals surface area contributed by atoms with Crippen LogP contribution in [0.2, 0.25) is 0 Å². The highest BCUT2D eigenvalue weighted by atomic mass is 16.6. The van der Waals surface area contributed by atoms with Crippen LogP contribution in [0.4, 0.5) is 0 Å². The Balaban J connectivity index is 1.88. The zero-order chi connectivity index (χ0) is 16.9. The molecule has 0 bridgehead atoms. The molecule has 1 aliphatic heterocycles. The molecule has 8 heteroatoms. The maximum Gasteiger partial charge on any atom is 0.311 e. The third-order valence-corrected chi connectivity index (χ3v) is 3.10. The molecule has 0 saturated heterocycles. The lowest BCUT2D eigenvalue weighted by Gasteiger charge is -2.26. The lowest BCUT2D eigenvalue weighted by atomic mass is 10.5. The van der Waals surface area contributed by atoms with Gasteiger partial charge in [0.2, 0.25) is 0 Å². The normalized spacial score (nSPS) is 14.7. The maximum atomic E-state index is 11.7. The molecule has 0 N–H and O–H groups in total. The molecule has 0 aromatic heterocycles. The van der Waals surface area contributed by atoms with E-state index in [1.54, 1.807) is 7.11 Å². The summed E-state index contributed by atoms with van der Waals surface area (Å²) in [7, 11) is 5.34. The van der Waals surface area contributed by atoms with Gasteiger partial charge in [-0.15, -0.1) is 0 Å². The van der Waals surface area contributed by atoms with E-state index >= 15 is 0 Å². The predicted molar refractivity (Wildman–Crippen MR) is 83.5 cm³/mol. The zero-order valence-corrected chi connectivity index (χ0v) is 14.2. The molecule has 0 aliphatic carbocycles. The van der Waals surface area contributed by atoms with Crippen molar-refractivity contribution in [2.45, 2.75) is 12.8 Å². The fraction of sp³-hybridized carbons (Fsp3) is 0.800. The Morgan fingerprint density at radius 1 is 0.870 bits per heavy atom. The first-order chi connectivity index (χ1) is 11.1. The highest BCUT2D eigenvalue weighted by molar-refractivity contribution is 5.69. The highest BCUT2D eigenvalue weighted by Gasteiger charge is 2.24. The number of ether oxygens (including phenoxy) is 5. The Morgan fingerprint density at radius 3 is 1.87 bits per heavy atom. The van der Waals surface area contributed by atoms with Crippen molar-refractivity contribution in [1.29, 1.82) is 0 Å². The van der Waals surface area contributed by atoms with Crippen LogP contribution in [0.3, 0.4) is 0 Å². The monoisotopic (exact) mass is 332 g/mol. The van der Waals surface area contributed by atoms with Crippen LogP contribution < -0.4 is 0 Å². The van der Waals surface area contributed by atoms with E-state index in [1.165, 1.54) is 0 Å². The lowest BCUT2D eigenvalue weighted by molar-refractivity contribution is -0.166. The summed E-state index contributed by atoms with van der Waals surface area (Å²) in [5.41, 5.74) is 0. The van der Waals surface area contributed by atoms with Crippen molar-refractivity contribution >= 4 is 5.97 Å². The van der Waals surface area contributed by atoms with Gasteiger partial charge < -0.3 is 33.5 Å². The second-order valence-electron chi connectivity index (χ2n) is 5.03. The van der Waals surface area contributed by atoms with Crippen LogP contribution in [0.5, 0.6) is 0 Å². The molecule has 0 radical (unpaired) electrons. The van der Waals surface area contributed by atoms with E-state index in [0.717, 1.165) is 0 Å². The number of rotatable bonds is 13. The fourth-order valence-corrected chi connectivity index (χ4v) is 1.83. The van der Waals surface area contributed by atoms with Crippen LogP contribution in [-0.4, -0.2) is 89.6 Å². The molecule has 0 unspecified atom stereocenters. The molecule has 1 heterocycles. The molecule has 0 amide bonds. The highest BCUT2D eigenvalue weighted by Crippen LogP contribution is 2.13. The van der Waals surface area contributed by atoms with Gasteiger partial charge in [-0.25, -0.2) is 0 Å². The second-order valence-corrected chi connectivity index (χ2v) is 5.03. The largest absolute Gasteiger partial charge is 0.422 e. The van der Waals surface area contributed by atoms with Crippen LogP contribution in [0.25, 0.3) is 0 Å². The van der Waals surface area contributed by atoms with E-state index in [9.17, 15) is 4.79 Å². The molecule has 1 rings (SSSR count). The molecule has 0 spiro atoms. The number of hydrogen-bond donors (Lipinski definition) is 0. The second kappa shape index (κ2) is 12.1. The van der Waals surface area contributed by atoms with E-state index in [2.05, 4.69) is 0 Å². The van der Waals surface area contributed by atoms with Gasteiger partial charge in [0, 0.05) is 33.6 Å². The van der Waals surface area contributed by atoms with Crippen molar-refractivity contribution in [3.05, 3.63) is 12.4 Å². The minimum atomic E-state index is -0.371. The van der Waals surface area contributed by atoms with Gasteiger partial charge in [-0.2, -0.15) is 0 Å². The molecule has 0 aromatic carbocycles. The smallest absolute Gasteiger partial charge is 0.311 e. The number of nitrogens with zero attached hydrogens (tertiary/aromatic N) is 2. The summed E-state index contributed by atoms with van der Waals surface area (Å²) in [6.45, 7) is 3.44. The average Bonchev–Trinajstić information content (AvgIpc) is 2.84. The lowest BCUT2D eigenvalue weighted by Crippen LogP contribution is -2.38. The number of hydrogen-bond acceptors (Lipinski definition) is 8. The molecule has 23 heavy (non-hydrogen) atoms. The van der Waals surface area contributed by atoms with Gasteiger partial charge in [-0.05, 0) is 0 Å². The van der Waals surface area contributed by atoms with Crippen molar-refractivity contribution in [3.8, 4) is 0 Å². The average molecular weight is 332 g/mol. The molecular formula is C15H28N2O6. The SMILES string of the molecule is COCCOCCOCCOCCC(=O)OC1N(C)C=CN1C. The third kappa shape index (κ3) is 8.75. The molecule has 1 aliphatic rings. The van der Waals surface area contributed by atoms with Crippen molar-refractivity contribution in [3.63, 3.8) is 0 Å². The Kier molecular flexibility index (Phi) is 10.4. The van der Waals surface area contributed by atoms with Gasteiger partial charge in [-0.1, -0.05) is 0 Å². The Labute approximate surface area is 137 Å². The van der Waals surface area contributed by atoms with Gasteiger partial charge in [0.15, 0.2) is 0 Å². The van der Waals surface area contributed by atoms with Gasteiger partial charge in [-0.3, -0.25) is 4.79 Å². The van der Waals surface area contributed by atoms with Gasteiger partial charge in [0.25, 0.3) is 6.35 Å². The van der Waals surface area contributed by atoms with Crippen molar-refractivity contribution in [2.24, 2.45) is 0 Å².